The highest BCUT2D eigenvalue weighted by Gasteiger charge is 1.79. The maximum atomic E-state index is 5.54. The molecule has 4 heteroatoms. The molecular weight excluding hydrogens is 216 g/mol. The molecule has 0 fully saturated rings. The van der Waals surface area contributed by atoms with Gasteiger partial charge in [0.1, 0.15) is 0 Å². The quantitative estimate of drug-likeness (QED) is 0.586. The number of rotatable bonds is 4. The van der Waals surface area contributed by atoms with Gasteiger partial charge in [-0.15, -0.1) is 0 Å². The van der Waals surface area contributed by atoms with Crippen LogP contribution in [0.2, 0.25) is 5.02 Å². The second kappa shape index (κ2) is 10.7. The van der Waals surface area contributed by atoms with Crippen LogP contribution in [0.4, 0.5) is 0 Å². The second-order valence-electron chi connectivity index (χ2n) is 2.40. The van der Waals surface area contributed by atoms with Gasteiger partial charge >= 0.3 is 10.0 Å². The molecule has 0 aliphatic rings. The maximum Gasteiger partial charge on any atom is 0.304 e. The third-order valence-corrected chi connectivity index (χ3v) is 2.71. The molecule has 0 aliphatic heterocycles. The first-order valence-corrected chi connectivity index (χ1v) is 6.20. The van der Waals surface area contributed by atoms with E-state index in [1.54, 1.807) is 0 Å². The van der Waals surface area contributed by atoms with Gasteiger partial charge in [-0.05, 0) is 26.0 Å². The Bertz CT molecular complexity index is 203. The predicted molar refractivity (Wildman–Crippen MR) is 63.2 cm³/mol. The Morgan fingerprint density at radius 3 is 1.86 bits per heavy atom. The van der Waals surface area contributed by atoms with Crippen molar-refractivity contribution in [3.63, 3.8) is 0 Å². The van der Waals surface area contributed by atoms with E-state index >= 15 is 0 Å². The highest BCUT2D eigenvalue weighted by Crippen LogP contribution is 2.03. The monoisotopic (exact) mass is 232 g/mol. The zero-order chi connectivity index (χ0) is 10.6. The standard InChI is InChI=1S/C6H5Cl.C4H12O2Si/c7-6-4-2-1-3-5-6;1-3-5-7-6-4-2/h1-5H;3-4,7H2,1-2H3. The van der Waals surface area contributed by atoms with Crippen molar-refractivity contribution in [2.75, 3.05) is 13.2 Å². The summed E-state index contributed by atoms with van der Waals surface area (Å²) in [7, 11) is -0.589. The van der Waals surface area contributed by atoms with Crippen LogP contribution in [0.25, 0.3) is 0 Å². The molecule has 80 valence electrons. The average molecular weight is 233 g/mol. The summed E-state index contributed by atoms with van der Waals surface area (Å²) in [6.45, 7) is 5.55. The Morgan fingerprint density at radius 2 is 1.57 bits per heavy atom. The number of hydrogen-bond acceptors (Lipinski definition) is 2. The van der Waals surface area contributed by atoms with Crippen molar-refractivity contribution in [3.8, 4) is 0 Å². The molecule has 0 amide bonds. The lowest BCUT2D eigenvalue weighted by atomic mass is 10.4. The van der Waals surface area contributed by atoms with E-state index in [0.717, 1.165) is 18.2 Å². The van der Waals surface area contributed by atoms with Crippen molar-refractivity contribution in [1.29, 1.82) is 0 Å². The van der Waals surface area contributed by atoms with Crippen LogP contribution in [0.15, 0.2) is 30.3 Å². The molecule has 0 atom stereocenters. The van der Waals surface area contributed by atoms with E-state index in [-0.39, 0.29) is 0 Å². The average Bonchev–Trinajstić information content (AvgIpc) is 2.21. The van der Waals surface area contributed by atoms with Crippen LogP contribution in [0.3, 0.4) is 0 Å². The highest BCUT2D eigenvalue weighted by molar-refractivity contribution is 6.30. The Labute approximate surface area is 93.2 Å². The van der Waals surface area contributed by atoms with E-state index in [1.807, 2.05) is 44.2 Å². The second-order valence-corrected chi connectivity index (χ2v) is 3.89. The molecule has 0 heterocycles. The van der Waals surface area contributed by atoms with Crippen molar-refractivity contribution in [3.05, 3.63) is 35.4 Å². The van der Waals surface area contributed by atoms with Crippen LogP contribution in [0, 0.1) is 0 Å². The Hall–Kier alpha value is -0.353. The summed E-state index contributed by atoms with van der Waals surface area (Å²) in [4.78, 5) is 0. The summed E-state index contributed by atoms with van der Waals surface area (Å²) in [6.07, 6.45) is 0. The minimum atomic E-state index is -0.589. The molecule has 1 aromatic rings. The molecule has 0 N–H and O–H groups in total. The maximum absolute atomic E-state index is 5.54. The van der Waals surface area contributed by atoms with Crippen molar-refractivity contribution >= 4 is 21.6 Å². The smallest absolute Gasteiger partial charge is 0.304 e. The summed E-state index contributed by atoms with van der Waals surface area (Å²) in [6, 6.07) is 9.44. The minimum absolute atomic E-state index is 0.589. The van der Waals surface area contributed by atoms with Gasteiger partial charge in [-0.3, -0.25) is 0 Å². The first-order valence-electron chi connectivity index (χ1n) is 4.67. The molecule has 0 bridgehead atoms. The lowest BCUT2D eigenvalue weighted by molar-refractivity contribution is 0.240. The van der Waals surface area contributed by atoms with Gasteiger partial charge in [0.15, 0.2) is 0 Å². The highest BCUT2D eigenvalue weighted by atomic mass is 35.5. The summed E-state index contributed by atoms with van der Waals surface area (Å²) in [5.74, 6) is 0. The normalized spacial score (nSPS) is 9.07. The number of hydrogen-bond donors (Lipinski definition) is 0. The molecule has 2 nitrogen and oxygen atoms in total. The van der Waals surface area contributed by atoms with Crippen LogP contribution >= 0.6 is 11.6 Å². The summed E-state index contributed by atoms with van der Waals surface area (Å²) in [5, 5.41) is 0.794. The molecule has 0 saturated heterocycles. The topological polar surface area (TPSA) is 18.5 Å². The van der Waals surface area contributed by atoms with Gasteiger partial charge in [0.2, 0.25) is 0 Å². The molecule has 0 saturated carbocycles. The molecule has 0 spiro atoms. The van der Waals surface area contributed by atoms with E-state index < -0.39 is 10.0 Å². The fourth-order valence-corrected chi connectivity index (χ4v) is 1.24. The van der Waals surface area contributed by atoms with E-state index in [1.165, 1.54) is 0 Å². The fraction of sp³-hybridized carbons (Fsp3) is 0.400. The van der Waals surface area contributed by atoms with Crippen molar-refractivity contribution < 1.29 is 8.85 Å². The Kier molecular flexibility index (Phi) is 10.5. The zero-order valence-corrected chi connectivity index (χ0v) is 10.9. The predicted octanol–water partition coefficient (Wildman–Crippen LogP) is 2.40. The van der Waals surface area contributed by atoms with Crippen LogP contribution in [-0.4, -0.2) is 23.2 Å². The zero-order valence-electron chi connectivity index (χ0n) is 8.70. The minimum Gasteiger partial charge on any atom is -0.399 e. The van der Waals surface area contributed by atoms with E-state index in [9.17, 15) is 0 Å². The summed E-state index contributed by atoms with van der Waals surface area (Å²) in [5.41, 5.74) is 0. The molecule has 1 rings (SSSR count). The largest absolute Gasteiger partial charge is 0.399 e. The first kappa shape index (κ1) is 13.6. The summed E-state index contributed by atoms with van der Waals surface area (Å²) < 4.78 is 9.98. The number of benzene rings is 1. The molecule has 0 aromatic heterocycles. The van der Waals surface area contributed by atoms with Gasteiger partial charge in [0, 0.05) is 18.2 Å². The molecular formula is C10H17ClO2Si. The molecule has 14 heavy (non-hydrogen) atoms. The molecule has 0 aliphatic carbocycles. The molecule has 1 aromatic carbocycles. The third-order valence-electron chi connectivity index (χ3n) is 1.31. The van der Waals surface area contributed by atoms with Gasteiger partial charge in [0.05, 0.1) is 0 Å². The Morgan fingerprint density at radius 1 is 1.07 bits per heavy atom. The molecule has 0 unspecified atom stereocenters. The molecule has 0 radical (unpaired) electrons. The van der Waals surface area contributed by atoms with Crippen LogP contribution in [0.1, 0.15) is 13.8 Å². The van der Waals surface area contributed by atoms with Gasteiger partial charge < -0.3 is 8.85 Å². The van der Waals surface area contributed by atoms with Crippen LogP contribution in [0.5, 0.6) is 0 Å². The van der Waals surface area contributed by atoms with Crippen LogP contribution < -0.4 is 0 Å². The van der Waals surface area contributed by atoms with E-state index in [2.05, 4.69) is 0 Å². The third kappa shape index (κ3) is 9.73. The Balaban J connectivity index is 0.000000241. The van der Waals surface area contributed by atoms with Crippen LogP contribution in [-0.2, 0) is 8.85 Å². The van der Waals surface area contributed by atoms with E-state index in [0.29, 0.717) is 0 Å². The van der Waals surface area contributed by atoms with Gasteiger partial charge in [-0.25, -0.2) is 0 Å². The SMILES string of the molecule is CCO[SiH2]OCC.Clc1ccccc1. The van der Waals surface area contributed by atoms with Gasteiger partial charge in [-0.1, -0.05) is 29.8 Å². The number of halogens is 1. The van der Waals surface area contributed by atoms with Gasteiger partial charge in [0.25, 0.3) is 0 Å². The van der Waals surface area contributed by atoms with Gasteiger partial charge in [-0.2, -0.15) is 0 Å². The van der Waals surface area contributed by atoms with Crippen molar-refractivity contribution in [2.24, 2.45) is 0 Å². The lowest BCUT2D eigenvalue weighted by Crippen LogP contribution is -2.02. The van der Waals surface area contributed by atoms with Crippen molar-refractivity contribution in [1.82, 2.24) is 0 Å². The lowest BCUT2D eigenvalue weighted by Gasteiger charge is -1.96. The summed E-state index contributed by atoms with van der Waals surface area (Å²) >= 11 is 5.54. The van der Waals surface area contributed by atoms with E-state index in [4.69, 9.17) is 20.5 Å². The van der Waals surface area contributed by atoms with Crippen molar-refractivity contribution in [2.45, 2.75) is 13.8 Å². The first-order chi connectivity index (χ1) is 6.81. The fourth-order valence-electron chi connectivity index (χ4n) is 0.640.